The Labute approximate surface area is 254 Å². The highest BCUT2D eigenvalue weighted by Gasteiger charge is 2.15. The van der Waals surface area contributed by atoms with E-state index in [0.717, 1.165) is 28.2 Å². The molecule has 9 rings (SSSR count). The largest absolute Gasteiger partial charge is 0.317 e. The first-order valence-corrected chi connectivity index (χ1v) is 14.8. The number of rotatable bonds is 4. The molecular formula is C40H26N4. The topological polar surface area (TPSA) is 35.6 Å². The molecule has 0 saturated carbocycles. The SMILES string of the molecule is c1ccc(-c2cnc(-c3ccc(-n4c5ccccc5c5cc6cc7c(ccn7-c7ccccc7)cc6cc54)cc3)nc2)cc1. The minimum atomic E-state index is 0.718. The predicted molar refractivity (Wildman–Crippen MR) is 182 cm³/mol. The van der Waals surface area contributed by atoms with Crippen LogP contribution >= 0.6 is 0 Å². The molecule has 0 bridgehead atoms. The van der Waals surface area contributed by atoms with Crippen molar-refractivity contribution >= 4 is 43.5 Å². The highest BCUT2D eigenvalue weighted by atomic mass is 15.0. The lowest BCUT2D eigenvalue weighted by Gasteiger charge is -2.10. The molecule has 0 aliphatic rings. The molecule has 206 valence electrons. The summed E-state index contributed by atoms with van der Waals surface area (Å²) in [7, 11) is 0. The van der Waals surface area contributed by atoms with E-state index in [4.69, 9.17) is 0 Å². The van der Waals surface area contributed by atoms with Gasteiger partial charge in [0.2, 0.25) is 0 Å². The third kappa shape index (κ3) is 3.92. The van der Waals surface area contributed by atoms with Gasteiger partial charge in [0.15, 0.2) is 5.82 Å². The zero-order valence-electron chi connectivity index (χ0n) is 23.8. The molecule has 4 nitrogen and oxygen atoms in total. The third-order valence-corrected chi connectivity index (χ3v) is 8.62. The number of fused-ring (bicyclic) bond motifs is 5. The summed E-state index contributed by atoms with van der Waals surface area (Å²) in [6.45, 7) is 0. The molecule has 0 aliphatic heterocycles. The smallest absolute Gasteiger partial charge is 0.159 e. The van der Waals surface area contributed by atoms with E-state index in [1.54, 1.807) is 0 Å². The van der Waals surface area contributed by atoms with Crippen molar-refractivity contribution in [3.05, 3.63) is 158 Å². The normalized spacial score (nSPS) is 11.6. The summed E-state index contributed by atoms with van der Waals surface area (Å²) in [4.78, 5) is 9.36. The minimum Gasteiger partial charge on any atom is -0.317 e. The van der Waals surface area contributed by atoms with Crippen LogP contribution in [0.3, 0.4) is 0 Å². The molecule has 0 fully saturated rings. The zero-order valence-corrected chi connectivity index (χ0v) is 23.8. The molecular weight excluding hydrogens is 536 g/mol. The second-order valence-electron chi connectivity index (χ2n) is 11.2. The average Bonchev–Trinajstić information content (AvgIpc) is 3.65. The van der Waals surface area contributed by atoms with Gasteiger partial charge in [-0.05, 0) is 89.1 Å². The van der Waals surface area contributed by atoms with Crippen LogP contribution in [0, 0.1) is 0 Å². The fourth-order valence-electron chi connectivity index (χ4n) is 6.46. The summed E-state index contributed by atoms with van der Waals surface area (Å²) in [5, 5.41) is 6.17. The monoisotopic (exact) mass is 562 g/mol. The minimum absolute atomic E-state index is 0.718. The summed E-state index contributed by atoms with van der Waals surface area (Å²) in [6.07, 6.45) is 5.96. The third-order valence-electron chi connectivity index (χ3n) is 8.62. The van der Waals surface area contributed by atoms with Crippen molar-refractivity contribution in [1.82, 2.24) is 19.1 Å². The highest BCUT2D eigenvalue weighted by molar-refractivity contribution is 6.15. The van der Waals surface area contributed by atoms with E-state index in [0.29, 0.717) is 0 Å². The number of hydrogen-bond donors (Lipinski definition) is 0. The Bertz CT molecular complexity index is 2450. The van der Waals surface area contributed by atoms with Gasteiger partial charge in [-0.1, -0.05) is 66.7 Å². The van der Waals surface area contributed by atoms with Crippen LogP contribution in [-0.4, -0.2) is 19.1 Å². The molecule has 3 heterocycles. The van der Waals surface area contributed by atoms with Crippen molar-refractivity contribution in [2.75, 3.05) is 0 Å². The second-order valence-corrected chi connectivity index (χ2v) is 11.2. The molecule has 0 saturated heterocycles. The Morgan fingerprint density at radius 3 is 1.89 bits per heavy atom. The summed E-state index contributed by atoms with van der Waals surface area (Å²) >= 11 is 0. The van der Waals surface area contributed by atoms with Crippen LogP contribution in [0.5, 0.6) is 0 Å². The Morgan fingerprint density at radius 2 is 1.09 bits per heavy atom. The zero-order chi connectivity index (χ0) is 29.0. The van der Waals surface area contributed by atoms with Gasteiger partial charge in [-0.15, -0.1) is 0 Å². The van der Waals surface area contributed by atoms with Crippen molar-refractivity contribution in [2.24, 2.45) is 0 Å². The quantitative estimate of drug-likeness (QED) is 0.214. The lowest BCUT2D eigenvalue weighted by Crippen LogP contribution is -1.95. The number of benzene rings is 6. The Balaban J connectivity index is 1.16. The van der Waals surface area contributed by atoms with Crippen molar-refractivity contribution in [3.8, 4) is 33.9 Å². The fourth-order valence-corrected chi connectivity index (χ4v) is 6.46. The lowest BCUT2D eigenvalue weighted by atomic mass is 10.0. The number of aromatic nitrogens is 4. The number of para-hydroxylation sites is 2. The van der Waals surface area contributed by atoms with Gasteiger partial charge >= 0.3 is 0 Å². The predicted octanol–water partition coefficient (Wildman–Crippen LogP) is 10.0. The van der Waals surface area contributed by atoms with E-state index in [1.165, 1.54) is 49.2 Å². The van der Waals surface area contributed by atoms with Gasteiger partial charge < -0.3 is 9.13 Å². The number of hydrogen-bond acceptors (Lipinski definition) is 2. The molecule has 0 amide bonds. The first kappa shape index (κ1) is 24.6. The van der Waals surface area contributed by atoms with E-state index in [1.807, 2.05) is 30.6 Å². The van der Waals surface area contributed by atoms with Crippen molar-refractivity contribution in [1.29, 1.82) is 0 Å². The molecule has 0 spiro atoms. The second kappa shape index (κ2) is 9.79. The first-order chi connectivity index (χ1) is 21.8. The maximum atomic E-state index is 4.68. The van der Waals surface area contributed by atoms with Crippen LogP contribution in [0.2, 0.25) is 0 Å². The maximum absolute atomic E-state index is 4.68. The molecule has 0 atom stereocenters. The highest BCUT2D eigenvalue weighted by Crippen LogP contribution is 2.37. The van der Waals surface area contributed by atoms with Crippen molar-refractivity contribution in [2.45, 2.75) is 0 Å². The van der Waals surface area contributed by atoms with E-state index >= 15 is 0 Å². The maximum Gasteiger partial charge on any atom is 0.159 e. The molecule has 6 aromatic carbocycles. The Morgan fingerprint density at radius 1 is 0.409 bits per heavy atom. The number of nitrogens with zero attached hydrogens (tertiary/aromatic N) is 4. The molecule has 44 heavy (non-hydrogen) atoms. The van der Waals surface area contributed by atoms with Gasteiger partial charge in [0.05, 0.1) is 16.6 Å². The van der Waals surface area contributed by atoms with Gasteiger partial charge in [0.1, 0.15) is 0 Å². The van der Waals surface area contributed by atoms with Crippen LogP contribution in [0.4, 0.5) is 0 Å². The molecule has 0 unspecified atom stereocenters. The first-order valence-electron chi connectivity index (χ1n) is 14.8. The van der Waals surface area contributed by atoms with Crippen LogP contribution in [0.25, 0.3) is 77.4 Å². The van der Waals surface area contributed by atoms with Crippen LogP contribution in [-0.2, 0) is 0 Å². The lowest BCUT2D eigenvalue weighted by molar-refractivity contribution is 1.13. The van der Waals surface area contributed by atoms with Gasteiger partial charge in [0.25, 0.3) is 0 Å². The standard InChI is InChI=1S/C40H26N4/c1-3-9-27(10-4-1)32-25-41-40(42-26-32)28-15-17-34(18-16-28)44-37-14-8-7-13-35(37)36-22-31-23-38-29(21-30(31)24-39(36)44)19-20-43(38)33-11-5-2-6-12-33/h1-26H. The molecule has 0 radical (unpaired) electrons. The van der Waals surface area contributed by atoms with Gasteiger partial charge in [-0.3, -0.25) is 0 Å². The summed E-state index contributed by atoms with van der Waals surface area (Å²) < 4.78 is 4.63. The van der Waals surface area contributed by atoms with Gasteiger partial charge in [-0.2, -0.15) is 0 Å². The van der Waals surface area contributed by atoms with E-state index < -0.39 is 0 Å². The summed E-state index contributed by atoms with van der Waals surface area (Å²) in [6, 6.07) is 49.5. The molecule has 0 aliphatic carbocycles. The fraction of sp³-hybridized carbons (Fsp3) is 0. The van der Waals surface area contributed by atoms with Crippen LogP contribution in [0.1, 0.15) is 0 Å². The van der Waals surface area contributed by atoms with Crippen LogP contribution in [0.15, 0.2) is 158 Å². The van der Waals surface area contributed by atoms with Crippen molar-refractivity contribution in [3.63, 3.8) is 0 Å². The van der Waals surface area contributed by atoms with Gasteiger partial charge in [0, 0.05) is 57.3 Å². The van der Waals surface area contributed by atoms with E-state index in [-0.39, 0.29) is 0 Å². The Hall–Kier alpha value is -6.00. The summed E-state index contributed by atoms with van der Waals surface area (Å²) in [5.74, 6) is 0.718. The van der Waals surface area contributed by atoms with E-state index in [9.17, 15) is 0 Å². The summed E-state index contributed by atoms with van der Waals surface area (Å²) in [5.41, 5.74) is 8.98. The van der Waals surface area contributed by atoms with Crippen LogP contribution < -0.4 is 0 Å². The molecule has 3 aromatic heterocycles. The van der Waals surface area contributed by atoms with Crippen molar-refractivity contribution < 1.29 is 0 Å². The molecule has 0 N–H and O–H groups in total. The molecule has 9 aromatic rings. The average molecular weight is 563 g/mol. The Kier molecular flexibility index (Phi) is 5.47. The molecule has 4 heteroatoms. The van der Waals surface area contributed by atoms with Gasteiger partial charge in [-0.25, -0.2) is 9.97 Å². The van der Waals surface area contributed by atoms with E-state index in [2.05, 4.69) is 147 Å².